The third-order valence-electron chi connectivity index (χ3n) is 5.02. The molecule has 1 heterocycles. The van der Waals surface area contributed by atoms with Gasteiger partial charge in [-0.05, 0) is 38.5 Å². The fourth-order valence-electron chi connectivity index (χ4n) is 3.41. The number of carbonyl (C=O) groups is 1. The Kier molecular flexibility index (Phi) is 5.66. The molecule has 21 heavy (non-hydrogen) atoms. The van der Waals surface area contributed by atoms with Gasteiger partial charge in [-0.25, -0.2) is 12.7 Å². The molecule has 1 N–H and O–H groups in total. The van der Waals surface area contributed by atoms with Gasteiger partial charge in [0.2, 0.25) is 15.9 Å². The number of carbonyl (C=O) groups excluding carboxylic acids is 1. The molecule has 1 aliphatic heterocycles. The predicted octanol–water partition coefficient (Wildman–Crippen LogP) is 1.74. The molecular weight excluding hydrogens is 288 g/mol. The molecule has 0 aromatic rings. The highest BCUT2D eigenvalue weighted by molar-refractivity contribution is 7.89. The summed E-state index contributed by atoms with van der Waals surface area (Å²) in [6.07, 6.45) is 6.02. The molecule has 0 aromatic carbocycles. The first-order valence-corrected chi connectivity index (χ1v) is 9.83. The zero-order valence-corrected chi connectivity index (χ0v) is 14.0. The second-order valence-electron chi connectivity index (χ2n) is 6.45. The summed E-state index contributed by atoms with van der Waals surface area (Å²) in [5.41, 5.74) is 0. The first-order valence-electron chi connectivity index (χ1n) is 8.22. The average Bonchev–Trinajstić information content (AvgIpc) is 2.49. The molecule has 6 heteroatoms. The molecule has 2 rings (SSSR count). The van der Waals surface area contributed by atoms with Crippen LogP contribution in [-0.2, 0) is 14.8 Å². The van der Waals surface area contributed by atoms with E-state index >= 15 is 0 Å². The highest BCUT2D eigenvalue weighted by Crippen LogP contribution is 2.25. The molecule has 2 aliphatic rings. The topological polar surface area (TPSA) is 66.5 Å². The fraction of sp³-hybridized carbons (Fsp3) is 0.933. The number of hydrogen-bond acceptors (Lipinski definition) is 3. The summed E-state index contributed by atoms with van der Waals surface area (Å²) in [5.74, 6) is 0.802. The van der Waals surface area contributed by atoms with E-state index in [0.29, 0.717) is 37.9 Å². The van der Waals surface area contributed by atoms with Crippen LogP contribution in [0.25, 0.3) is 0 Å². The van der Waals surface area contributed by atoms with E-state index in [0.717, 1.165) is 6.42 Å². The molecule has 2 atom stereocenters. The lowest BCUT2D eigenvalue weighted by Gasteiger charge is -2.34. The lowest BCUT2D eigenvalue weighted by atomic mass is 9.85. The van der Waals surface area contributed by atoms with E-state index in [-0.39, 0.29) is 17.6 Å². The van der Waals surface area contributed by atoms with Gasteiger partial charge in [-0.15, -0.1) is 0 Å². The quantitative estimate of drug-likeness (QED) is 0.859. The molecule has 1 aliphatic carbocycles. The van der Waals surface area contributed by atoms with Gasteiger partial charge < -0.3 is 5.32 Å². The summed E-state index contributed by atoms with van der Waals surface area (Å²) in [6, 6.07) is 0.309. The SMILES string of the molecule is CCS(=O)(=O)N1CCC(C(=O)N[C@H]2CCCC[C@H]2C)CC1. The zero-order chi connectivity index (χ0) is 15.5. The molecule has 5 nitrogen and oxygen atoms in total. The van der Waals surface area contributed by atoms with Crippen molar-refractivity contribution in [3.8, 4) is 0 Å². The van der Waals surface area contributed by atoms with Crippen molar-refractivity contribution in [3.05, 3.63) is 0 Å². The van der Waals surface area contributed by atoms with Crippen molar-refractivity contribution in [1.82, 2.24) is 9.62 Å². The second kappa shape index (κ2) is 7.09. The van der Waals surface area contributed by atoms with E-state index in [2.05, 4.69) is 12.2 Å². The van der Waals surface area contributed by atoms with Crippen LogP contribution < -0.4 is 5.32 Å². The zero-order valence-electron chi connectivity index (χ0n) is 13.2. The van der Waals surface area contributed by atoms with E-state index < -0.39 is 10.0 Å². The first kappa shape index (κ1) is 16.7. The summed E-state index contributed by atoms with van der Waals surface area (Å²) in [5, 5.41) is 3.20. The molecule has 0 spiro atoms. The van der Waals surface area contributed by atoms with Crippen LogP contribution in [0, 0.1) is 11.8 Å². The van der Waals surface area contributed by atoms with E-state index in [4.69, 9.17) is 0 Å². The van der Waals surface area contributed by atoms with Crippen molar-refractivity contribution in [2.45, 2.75) is 58.4 Å². The number of sulfonamides is 1. The third kappa shape index (κ3) is 4.19. The molecule has 0 bridgehead atoms. The van der Waals surface area contributed by atoms with E-state index in [9.17, 15) is 13.2 Å². The number of hydrogen-bond donors (Lipinski definition) is 1. The van der Waals surface area contributed by atoms with E-state index in [1.54, 1.807) is 6.92 Å². The molecule has 0 aromatic heterocycles. The minimum atomic E-state index is -3.10. The first-order chi connectivity index (χ1) is 9.94. The Labute approximate surface area is 128 Å². The van der Waals surface area contributed by atoms with E-state index in [1.807, 2.05) is 0 Å². The molecule has 2 fully saturated rings. The van der Waals surface area contributed by atoms with Gasteiger partial charge in [-0.2, -0.15) is 0 Å². The summed E-state index contributed by atoms with van der Waals surface area (Å²) < 4.78 is 25.2. The molecule has 1 saturated heterocycles. The summed E-state index contributed by atoms with van der Waals surface area (Å²) in [7, 11) is -3.10. The number of piperidine rings is 1. The summed E-state index contributed by atoms with van der Waals surface area (Å²) in [6.45, 7) is 4.84. The van der Waals surface area contributed by atoms with Crippen LogP contribution >= 0.6 is 0 Å². The van der Waals surface area contributed by atoms with Gasteiger partial charge in [0, 0.05) is 25.0 Å². The number of nitrogens with one attached hydrogen (secondary N) is 1. The molecule has 0 unspecified atom stereocenters. The smallest absolute Gasteiger partial charge is 0.223 e. The van der Waals surface area contributed by atoms with Gasteiger partial charge in [0.25, 0.3) is 0 Å². The van der Waals surface area contributed by atoms with Gasteiger partial charge in [0.05, 0.1) is 5.75 Å². The molecule has 0 radical (unpaired) electrons. The van der Waals surface area contributed by atoms with Crippen molar-refractivity contribution in [1.29, 1.82) is 0 Å². The largest absolute Gasteiger partial charge is 0.353 e. The highest BCUT2D eigenvalue weighted by atomic mass is 32.2. The van der Waals surface area contributed by atoms with Crippen LogP contribution in [0.3, 0.4) is 0 Å². The van der Waals surface area contributed by atoms with Crippen LogP contribution in [0.15, 0.2) is 0 Å². The molecule has 122 valence electrons. The fourth-order valence-corrected chi connectivity index (χ4v) is 4.54. The minimum Gasteiger partial charge on any atom is -0.353 e. The summed E-state index contributed by atoms with van der Waals surface area (Å²) in [4.78, 5) is 12.4. The Hall–Kier alpha value is -0.620. The van der Waals surface area contributed by atoms with E-state index in [1.165, 1.54) is 23.6 Å². The molecule has 1 saturated carbocycles. The average molecular weight is 316 g/mol. The van der Waals surface area contributed by atoms with Gasteiger partial charge >= 0.3 is 0 Å². The Morgan fingerprint density at radius 3 is 2.33 bits per heavy atom. The van der Waals surface area contributed by atoms with Gasteiger partial charge in [-0.3, -0.25) is 4.79 Å². The number of rotatable bonds is 4. The maximum atomic E-state index is 12.4. The Balaban J connectivity index is 1.83. The van der Waals surface area contributed by atoms with Crippen LogP contribution in [0.2, 0.25) is 0 Å². The maximum absolute atomic E-state index is 12.4. The van der Waals surface area contributed by atoms with Crippen molar-refractivity contribution in [2.75, 3.05) is 18.8 Å². The highest BCUT2D eigenvalue weighted by Gasteiger charge is 2.32. The van der Waals surface area contributed by atoms with Crippen molar-refractivity contribution < 1.29 is 13.2 Å². The van der Waals surface area contributed by atoms with Crippen LogP contribution in [0.4, 0.5) is 0 Å². The van der Waals surface area contributed by atoms with Crippen molar-refractivity contribution in [3.63, 3.8) is 0 Å². The summed E-state index contributed by atoms with van der Waals surface area (Å²) >= 11 is 0. The normalized spacial score (nSPS) is 29.2. The van der Waals surface area contributed by atoms with Gasteiger partial charge in [0.1, 0.15) is 0 Å². The third-order valence-corrected chi connectivity index (χ3v) is 6.90. The lowest BCUT2D eigenvalue weighted by Crippen LogP contribution is -2.47. The molecule has 1 amide bonds. The van der Waals surface area contributed by atoms with Gasteiger partial charge in [-0.1, -0.05) is 19.8 Å². The standard InChI is InChI=1S/C15H28N2O3S/c1-3-21(19,20)17-10-8-13(9-11-17)15(18)16-14-7-5-4-6-12(14)2/h12-14H,3-11H2,1-2H3,(H,16,18)/t12-,14+/m1/s1. The van der Waals surface area contributed by atoms with Gasteiger partial charge in [0.15, 0.2) is 0 Å². The Bertz CT molecular complexity index is 456. The maximum Gasteiger partial charge on any atom is 0.223 e. The van der Waals surface area contributed by atoms with Crippen LogP contribution in [0.1, 0.15) is 52.4 Å². The second-order valence-corrected chi connectivity index (χ2v) is 8.71. The van der Waals surface area contributed by atoms with Crippen LogP contribution in [0.5, 0.6) is 0 Å². The predicted molar refractivity (Wildman–Crippen MR) is 83.3 cm³/mol. The van der Waals surface area contributed by atoms with Crippen LogP contribution in [-0.4, -0.2) is 43.5 Å². The lowest BCUT2D eigenvalue weighted by molar-refractivity contribution is -0.127. The van der Waals surface area contributed by atoms with Crippen molar-refractivity contribution in [2.24, 2.45) is 11.8 Å². The Morgan fingerprint density at radius 2 is 1.76 bits per heavy atom. The van der Waals surface area contributed by atoms with Crippen molar-refractivity contribution >= 4 is 15.9 Å². The molecular formula is C15H28N2O3S. The minimum absolute atomic E-state index is 0.0255. The number of amides is 1. The monoisotopic (exact) mass is 316 g/mol. The number of nitrogens with zero attached hydrogens (tertiary/aromatic N) is 1. The Morgan fingerprint density at radius 1 is 1.14 bits per heavy atom.